The standard InChI is InChI=1S/C17H20ClN5O4S/c18-15-3-4-17(20-11-15)21-6-8-22(9-7-21)28(26,27)12-16(23(25)13-24)14-2-1-5-19-10-14/h1-5,10-11,13,16,25H,6-9,12H2/t16-/m1/s1. The summed E-state index contributed by atoms with van der Waals surface area (Å²) in [7, 11) is -3.72. The van der Waals surface area contributed by atoms with E-state index in [4.69, 9.17) is 11.6 Å². The summed E-state index contributed by atoms with van der Waals surface area (Å²) in [6.07, 6.45) is 4.70. The zero-order valence-electron chi connectivity index (χ0n) is 14.9. The van der Waals surface area contributed by atoms with Gasteiger partial charge in [-0.15, -0.1) is 0 Å². The molecule has 1 saturated heterocycles. The maximum atomic E-state index is 12.9. The minimum atomic E-state index is -3.72. The van der Waals surface area contributed by atoms with Gasteiger partial charge in [-0.05, 0) is 23.8 Å². The molecule has 0 saturated carbocycles. The second-order valence-electron chi connectivity index (χ2n) is 6.29. The van der Waals surface area contributed by atoms with Crippen molar-refractivity contribution in [2.75, 3.05) is 36.8 Å². The third kappa shape index (κ3) is 4.76. The summed E-state index contributed by atoms with van der Waals surface area (Å²) in [5.41, 5.74) is 0.435. The van der Waals surface area contributed by atoms with Crippen LogP contribution < -0.4 is 4.90 Å². The number of amides is 1. The molecule has 2 aromatic heterocycles. The second kappa shape index (κ2) is 8.82. The van der Waals surface area contributed by atoms with E-state index in [1.165, 1.54) is 16.7 Å². The smallest absolute Gasteiger partial charge is 0.233 e. The summed E-state index contributed by atoms with van der Waals surface area (Å²) in [5, 5.41) is 10.8. The Morgan fingerprint density at radius 3 is 2.54 bits per heavy atom. The van der Waals surface area contributed by atoms with E-state index in [2.05, 4.69) is 9.97 Å². The first-order chi connectivity index (χ1) is 13.4. The van der Waals surface area contributed by atoms with E-state index in [0.29, 0.717) is 28.7 Å². The fourth-order valence-electron chi connectivity index (χ4n) is 3.03. The molecule has 150 valence electrons. The number of aromatic nitrogens is 2. The number of hydrogen-bond acceptors (Lipinski definition) is 7. The maximum Gasteiger partial charge on any atom is 0.233 e. The van der Waals surface area contributed by atoms with E-state index < -0.39 is 21.8 Å². The molecule has 3 heterocycles. The first-order valence-corrected chi connectivity index (χ1v) is 10.6. The monoisotopic (exact) mass is 425 g/mol. The molecule has 1 fully saturated rings. The molecule has 0 radical (unpaired) electrons. The Bertz CT molecular complexity index is 890. The molecule has 1 amide bonds. The average molecular weight is 426 g/mol. The number of carbonyl (C=O) groups is 1. The van der Waals surface area contributed by atoms with Gasteiger partial charge in [-0.1, -0.05) is 17.7 Å². The second-order valence-corrected chi connectivity index (χ2v) is 8.74. The number of piperazine rings is 1. The van der Waals surface area contributed by atoms with Gasteiger partial charge >= 0.3 is 0 Å². The largest absolute Gasteiger partial charge is 0.354 e. The van der Waals surface area contributed by atoms with Crippen molar-refractivity contribution in [1.29, 1.82) is 0 Å². The van der Waals surface area contributed by atoms with Crippen molar-refractivity contribution < 1.29 is 18.4 Å². The number of hydrogen-bond donors (Lipinski definition) is 1. The van der Waals surface area contributed by atoms with E-state index in [9.17, 15) is 18.4 Å². The number of anilines is 1. The van der Waals surface area contributed by atoms with Gasteiger partial charge in [0.1, 0.15) is 11.9 Å². The lowest BCUT2D eigenvalue weighted by Gasteiger charge is -2.35. The van der Waals surface area contributed by atoms with E-state index >= 15 is 0 Å². The molecule has 11 heteroatoms. The van der Waals surface area contributed by atoms with Crippen molar-refractivity contribution in [3.63, 3.8) is 0 Å². The highest BCUT2D eigenvalue weighted by molar-refractivity contribution is 7.89. The van der Waals surface area contributed by atoms with Gasteiger partial charge < -0.3 is 4.90 Å². The highest BCUT2D eigenvalue weighted by atomic mass is 35.5. The van der Waals surface area contributed by atoms with E-state index in [0.717, 1.165) is 5.82 Å². The van der Waals surface area contributed by atoms with E-state index in [1.54, 1.807) is 30.5 Å². The van der Waals surface area contributed by atoms with Gasteiger partial charge in [0.2, 0.25) is 16.4 Å². The van der Waals surface area contributed by atoms with Gasteiger partial charge in [0.25, 0.3) is 0 Å². The molecule has 9 nitrogen and oxygen atoms in total. The summed E-state index contributed by atoms with van der Waals surface area (Å²) < 4.78 is 27.1. The van der Waals surface area contributed by atoms with Gasteiger partial charge in [0, 0.05) is 44.8 Å². The van der Waals surface area contributed by atoms with Crippen LogP contribution in [0.3, 0.4) is 0 Å². The fraction of sp³-hybridized carbons (Fsp3) is 0.353. The molecule has 3 rings (SSSR count). The SMILES string of the molecule is O=CN(O)[C@H](CS(=O)(=O)N1CCN(c2ccc(Cl)cn2)CC1)c1cccnc1. The Hall–Kier alpha value is -2.27. The summed E-state index contributed by atoms with van der Waals surface area (Å²) in [4.78, 5) is 21.2. The maximum absolute atomic E-state index is 12.9. The van der Waals surface area contributed by atoms with Crippen LogP contribution in [0.2, 0.25) is 5.02 Å². The lowest BCUT2D eigenvalue weighted by molar-refractivity contribution is -0.159. The van der Waals surface area contributed by atoms with Gasteiger partial charge in [0.15, 0.2) is 0 Å². The minimum absolute atomic E-state index is 0.192. The van der Waals surface area contributed by atoms with Gasteiger partial charge in [-0.2, -0.15) is 4.31 Å². The molecule has 2 aromatic rings. The van der Waals surface area contributed by atoms with Crippen molar-refractivity contribution in [3.8, 4) is 0 Å². The van der Waals surface area contributed by atoms with Crippen molar-refractivity contribution >= 4 is 33.9 Å². The lowest BCUT2D eigenvalue weighted by atomic mass is 10.1. The van der Waals surface area contributed by atoms with E-state index in [-0.39, 0.29) is 19.5 Å². The van der Waals surface area contributed by atoms with Crippen LogP contribution in [0, 0.1) is 0 Å². The Balaban J connectivity index is 1.69. The van der Waals surface area contributed by atoms with Crippen LogP contribution in [-0.4, -0.2) is 71.3 Å². The molecule has 0 bridgehead atoms. The molecule has 0 aliphatic carbocycles. The van der Waals surface area contributed by atoms with Crippen LogP contribution in [0.4, 0.5) is 5.82 Å². The molecule has 0 unspecified atom stereocenters. The zero-order chi connectivity index (χ0) is 20.1. The number of halogens is 1. The molecular formula is C17H20ClN5O4S. The summed E-state index contributed by atoms with van der Waals surface area (Å²) in [6, 6.07) is 5.72. The van der Waals surface area contributed by atoms with E-state index in [1.807, 2.05) is 4.90 Å². The summed E-state index contributed by atoms with van der Waals surface area (Å²) in [6.45, 7) is 1.50. The zero-order valence-corrected chi connectivity index (χ0v) is 16.5. The number of pyridine rings is 2. The molecule has 0 spiro atoms. The molecule has 1 atom stereocenters. The molecule has 0 aromatic carbocycles. The molecule has 1 N–H and O–H groups in total. The first-order valence-electron chi connectivity index (χ1n) is 8.57. The summed E-state index contributed by atoms with van der Waals surface area (Å²) >= 11 is 5.85. The van der Waals surface area contributed by atoms with Gasteiger partial charge in [-0.3, -0.25) is 15.0 Å². The van der Waals surface area contributed by atoms with Gasteiger partial charge in [-0.25, -0.2) is 18.5 Å². The highest BCUT2D eigenvalue weighted by Gasteiger charge is 2.32. The molecule has 1 aliphatic heterocycles. The quantitative estimate of drug-likeness (QED) is 0.403. The van der Waals surface area contributed by atoms with Gasteiger partial charge in [0.05, 0.1) is 10.8 Å². The first kappa shape index (κ1) is 20.5. The average Bonchev–Trinajstić information content (AvgIpc) is 2.73. The van der Waals surface area contributed by atoms with Crippen molar-refractivity contribution in [2.24, 2.45) is 0 Å². The number of hydroxylamine groups is 2. The predicted molar refractivity (Wildman–Crippen MR) is 103 cm³/mol. The van der Waals surface area contributed by atoms with Crippen molar-refractivity contribution in [2.45, 2.75) is 6.04 Å². The number of sulfonamides is 1. The Kier molecular flexibility index (Phi) is 6.45. The van der Waals surface area contributed by atoms with Crippen LogP contribution in [0.25, 0.3) is 0 Å². The van der Waals surface area contributed by atoms with Crippen LogP contribution in [0.1, 0.15) is 11.6 Å². The normalized spacial score (nSPS) is 16.6. The molecule has 28 heavy (non-hydrogen) atoms. The number of rotatable bonds is 7. The topological polar surface area (TPSA) is 107 Å². The van der Waals surface area contributed by atoms with Crippen LogP contribution in [-0.2, 0) is 14.8 Å². The Morgan fingerprint density at radius 1 is 1.21 bits per heavy atom. The highest BCUT2D eigenvalue weighted by Crippen LogP contribution is 2.23. The minimum Gasteiger partial charge on any atom is -0.354 e. The fourth-order valence-corrected chi connectivity index (χ4v) is 4.81. The summed E-state index contributed by atoms with van der Waals surface area (Å²) in [5.74, 6) is 0.296. The Morgan fingerprint density at radius 2 is 1.96 bits per heavy atom. The van der Waals surface area contributed by atoms with Crippen molar-refractivity contribution in [1.82, 2.24) is 19.3 Å². The molecular weight excluding hydrogens is 406 g/mol. The van der Waals surface area contributed by atoms with Crippen LogP contribution >= 0.6 is 11.6 Å². The predicted octanol–water partition coefficient (Wildman–Crippen LogP) is 1.17. The van der Waals surface area contributed by atoms with Crippen LogP contribution in [0.5, 0.6) is 0 Å². The molecule has 1 aliphatic rings. The third-order valence-electron chi connectivity index (χ3n) is 4.53. The Labute approximate surface area is 168 Å². The van der Waals surface area contributed by atoms with Crippen molar-refractivity contribution in [3.05, 3.63) is 53.4 Å². The van der Waals surface area contributed by atoms with Crippen LogP contribution in [0.15, 0.2) is 42.9 Å². The number of carbonyl (C=O) groups excluding carboxylic acids is 1. The number of nitrogens with zero attached hydrogens (tertiary/aromatic N) is 5. The lowest BCUT2D eigenvalue weighted by Crippen LogP contribution is -2.50. The third-order valence-corrected chi connectivity index (χ3v) is 6.65.